The Hall–Kier alpha value is -1.26. The number of aromatic nitrogens is 1. The molecule has 2 N–H and O–H groups in total. The number of nitrogens with one attached hydrogen (secondary N) is 2. The van der Waals surface area contributed by atoms with E-state index in [9.17, 15) is 18.5 Å². The fourth-order valence-electron chi connectivity index (χ4n) is 1.11. The lowest BCUT2D eigenvalue weighted by Gasteiger charge is -2.06. The van der Waals surface area contributed by atoms with Gasteiger partial charge in [0.25, 0.3) is 0 Å². The van der Waals surface area contributed by atoms with Crippen molar-refractivity contribution in [1.29, 1.82) is 0 Å². The Labute approximate surface area is 112 Å². The minimum absolute atomic E-state index is 0.0264. The molecule has 18 heavy (non-hydrogen) atoms. The van der Waals surface area contributed by atoms with Crippen LogP contribution >= 0.6 is 15.9 Å². The Balaban J connectivity index is 2.77. The number of hydrogen-bond acceptors (Lipinski definition) is 6. The average molecular weight is 339 g/mol. The summed E-state index contributed by atoms with van der Waals surface area (Å²) in [5, 5.41) is 13.4. The van der Waals surface area contributed by atoms with Gasteiger partial charge in [-0.3, -0.25) is 10.1 Å². The summed E-state index contributed by atoms with van der Waals surface area (Å²) in [6.07, 6.45) is 1.39. The normalized spacial score (nSPS) is 11.2. The predicted octanol–water partition coefficient (Wildman–Crippen LogP) is 0.713. The molecule has 8 nitrogen and oxygen atoms in total. The van der Waals surface area contributed by atoms with Gasteiger partial charge in [0.15, 0.2) is 0 Å². The molecule has 1 heterocycles. The molecule has 0 aliphatic heterocycles. The molecule has 1 rings (SSSR count). The summed E-state index contributed by atoms with van der Waals surface area (Å²) in [4.78, 5) is 14.0. The lowest BCUT2D eigenvalue weighted by Crippen LogP contribution is -2.26. The van der Waals surface area contributed by atoms with Crippen LogP contribution in [0.25, 0.3) is 0 Å². The van der Waals surface area contributed by atoms with Crippen molar-refractivity contribution in [1.82, 2.24) is 9.71 Å². The van der Waals surface area contributed by atoms with Gasteiger partial charge in [-0.05, 0) is 23.0 Å². The van der Waals surface area contributed by atoms with Crippen molar-refractivity contribution >= 4 is 37.5 Å². The smallest absolute Gasteiger partial charge is 0.312 e. The number of nitrogens with zero attached hydrogens (tertiary/aromatic N) is 2. The van der Waals surface area contributed by atoms with Crippen LogP contribution in [0.3, 0.4) is 0 Å². The maximum Gasteiger partial charge on any atom is 0.312 e. The van der Waals surface area contributed by atoms with E-state index in [1.807, 2.05) is 0 Å². The lowest BCUT2D eigenvalue weighted by atomic mass is 10.4. The second-order valence-electron chi connectivity index (χ2n) is 3.23. The van der Waals surface area contributed by atoms with E-state index in [0.717, 1.165) is 0 Å². The van der Waals surface area contributed by atoms with E-state index in [1.165, 1.54) is 19.3 Å². The van der Waals surface area contributed by atoms with E-state index in [0.29, 0.717) is 4.47 Å². The standard InChI is InChI=1S/C8H11BrN4O4S/c1-10-18(16,17)3-2-11-8-7(13(14)15)4-6(9)5-12-8/h4-5,10H,2-3H2,1H3,(H,11,12). The van der Waals surface area contributed by atoms with Gasteiger partial charge in [0.05, 0.1) is 10.7 Å². The monoisotopic (exact) mass is 338 g/mol. The largest absolute Gasteiger partial charge is 0.363 e. The zero-order valence-electron chi connectivity index (χ0n) is 9.38. The van der Waals surface area contributed by atoms with Gasteiger partial charge in [-0.1, -0.05) is 0 Å². The first-order valence-corrected chi connectivity index (χ1v) is 7.25. The molecule has 0 aromatic carbocycles. The van der Waals surface area contributed by atoms with Crippen molar-refractivity contribution in [3.8, 4) is 0 Å². The molecular formula is C8H11BrN4O4S. The third-order valence-electron chi connectivity index (χ3n) is 2.01. The van der Waals surface area contributed by atoms with Crippen molar-refractivity contribution in [2.75, 3.05) is 24.7 Å². The second kappa shape index (κ2) is 6.07. The molecule has 0 fully saturated rings. The Morgan fingerprint density at radius 2 is 2.22 bits per heavy atom. The Kier molecular flexibility index (Phi) is 4.99. The third kappa shape index (κ3) is 4.20. The second-order valence-corrected chi connectivity index (χ2v) is 6.19. The Morgan fingerprint density at radius 3 is 2.78 bits per heavy atom. The van der Waals surface area contributed by atoms with E-state index >= 15 is 0 Å². The van der Waals surface area contributed by atoms with Gasteiger partial charge in [0.1, 0.15) is 0 Å². The van der Waals surface area contributed by atoms with Gasteiger partial charge >= 0.3 is 5.69 Å². The summed E-state index contributed by atoms with van der Waals surface area (Å²) in [6, 6.07) is 1.29. The maximum absolute atomic E-state index is 11.1. The number of nitro groups is 1. The van der Waals surface area contributed by atoms with Crippen LogP contribution < -0.4 is 10.0 Å². The summed E-state index contributed by atoms with van der Waals surface area (Å²) in [6.45, 7) is 0.0264. The van der Waals surface area contributed by atoms with Crippen LogP contribution in [0, 0.1) is 10.1 Å². The number of hydrogen-bond donors (Lipinski definition) is 2. The Morgan fingerprint density at radius 1 is 1.56 bits per heavy atom. The van der Waals surface area contributed by atoms with E-state index < -0.39 is 14.9 Å². The molecule has 0 radical (unpaired) electrons. The molecule has 0 spiro atoms. The van der Waals surface area contributed by atoms with Gasteiger partial charge in [0.2, 0.25) is 15.8 Å². The van der Waals surface area contributed by atoms with Crippen molar-refractivity contribution in [3.63, 3.8) is 0 Å². The topological polar surface area (TPSA) is 114 Å². The van der Waals surface area contributed by atoms with Crippen molar-refractivity contribution in [2.24, 2.45) is 0 Å². The summed E-state index contributed by atoms with van der Waals surface area (Å²) >= 11 is 3.08. The van der Waals surface area contributed by atoms with Crippen LogP contribution in [0.2, 0.25) is 0 Å². The highest BCUT2D eigenvalue weighted by Gasteiger charge is 2.16. The molecule has 0 saturated carbocycles. The molecule has 0 aliphatic carbocycles. The molecule has 0 amide bonds. The summed E-state index contributed by atoms with van der Waals surface area (Å²) in [5.41, 5.74) is -0.216. The first-order chi connectivity index (χ1) is 8.35. The molecule has 1 aromatic heterocycles. The van der Waals surface area contributed by atoms with Crippen LogP contribution in [0.15, 0.2) is 16.7 Å². The van der Waals surface area contributed by atoms with Crippen molar-refractivity contribution in [2.45, 2.75) is 0 Å². The van der Waals surface area contributed by atoms with Crippen LogP contribution in [0.1, 0.15) is 0 Å². The summed E-state index contributed by atoms with van der Waals surface area (Å²) < 4.78 is 24.9. The van der Waals surface area contributed by atoms with Crippen molar-refractivity contribution in [3.05, 3.63) is 26.9 Å². The number of pyridine rings is 1. The Bertz CT molecular complexity index is 548. The van der Waals surface area contributed by atoms with E-state index in [2.05, 4.69) is 31.0 Å². The predicted molar refractivity (Wildman–Crippen MR) is 69.9 cm³/mol. The fourth-order valence-corrected chi connectivity index (χ4v) is 2.00. The first-order valence-electron chi connectivity index (χ1n) is 4.81. The van der Waals surface area contributed by atoms with Crippen molar-refractivity contribution < 1.29 is 13.3 Å². The molecule has 10 heteroatoms. The molecule has 0 atom stereocenters. The number of halogens is 1. The number of anilines is 1. The molecule has 0 bridgehead atoms. The van der Waals surface area contributed by atoms with E-state index in [4.69, 9.17) is 0 Å². The minimum atomic E-state index is -3.35. The number of rotatable bonds is 6. The molecule has 0 saturated heterocycles. The van der Waals surface area contributed by atoms with Gasteiger partial charge in [-0.15, -0.1) is 0 Å². The van der Waals surface area contributed by atoms with Gasteiger partial charge < -0.3 is 5.32 Å². The highest BCUT2D eigenvalue weighted by atomic mass is 79.9. The fraction of sp³-hybridized carbons (Fsp3) is 0.375. The number of sulfonamides is 1. The van der Waals surface area contributed by atoms with Crippen LogP contribution in [-0.2, 0) is 10.0 Å². The zero-order valence-corrected chi connectivity index (χ0v) is 11.8. The highest BCUT2D eigenvalue weighted by molar-refractivity contribution is 9.10. The maximum atomic E-state index is 11.1. The molecule has 1 aromatic rings. The molecular weight excluding hydrogens is 328 g/mol. The van der Waals surface area contributed by atoms with Gasteiger partial charge in [-0.2, -0.15) is 0 Å². The summed E-state index contributed by atoms with van der Waals surface area (Å²) in [7, 11) is -2.05. The average Bonchev–Trinajstić information content (AvgIpc) is 2.30. The SMILES string of the molecule is CNS(=O)(=O)CCNc1ncc(Br)cc1[N+](=O)[O-]. The first kappa shape index (κ1) is 14.8. The highest BCUT2D eigenvalue weighted by Crippen LogP contribution is 2.24. The van der Waals surface area contributed by atoms with Crippen LogP contribution in [0.5, 0.6) is 0 Å². The molecule has 0 unspecified atom stereocenters. The molecule has 0 aliphatic rings. The summed E-state index contributed by atoms with van der Waals surface area (Å²) in [5.74, 6) is -0.159. The van der Waals surface area contributed by atoms with Gasteiger partial charge in [0, 0.05) is 23.3 Å². The van der Waals surface area contributed by atoms with Crippen LogP contribution in [0.4, 0.5) is 11.5 Å². The quantitative estimate of drug-likeness (QED) is 0.583. The minimum Gasteiger partial charge on any atom is -0.363 e. The third-order valence-corrected chi connectivity index (χ3v) is 3.80. The zero-order chi connectivity index (χ0) is 13.8. The molecule has 100 valence electrons. The van der Waals surface area contributed by atoms with E-state index in [-0.39, 0.29) is 23.8 Å². The van der Waals surface area contributed by atoms with Crippen LogP contribution in [-0.4, -0.2) is 37.7 Å². The van der Waals surface area contributed by atoms with E-state index in [1.54, 1.807) is 0 Å². The lowest BCUT2D eigenvalue weighted by molar-refractivity contribution is -0.384. The van der Waals surface area contributed by atoms with Gasteiger partial charge in [-0.25, -0.2) is 18.1 Å².